The molecule has 1 atom stereocenters. The second kappa shape index (κ2) is 8.92. The lowest BCUT2D eigenvalue weighted by Crippen LogP contribution is -2.34. The highest BCUT2D eigenvalue weighted by atomic mass is 16.5. The third-order valence-corrected chi connectivity index (χ3v) is 4.68. The predicted molar refractivity (Wildman–Crippen MR) is 79.0 cm³/mol. The maximum Gasteiger partial charge on any atom is 0.0576 e. The molecule has 2 heteroatoms. The molecule has 18 heavy (non-hydrogen) atoms. The third kappa shape index (κ3) is 5.27. The first-order chi connectivity index (χ1) is 8.76. The van der Waals surface area contributed by atoms with Gasteiger partial charge in [0.15, 0.2) is 0 Å². The van der Waals surface area contributed by atoms with Gasteiger partial charge in [0.25, 0.3) is 0 Å². The van der Waals surface area contributed by atoms with E-state index in [2.05, 4.69) is 26.1 Å². The molecular weight excluding hydrogens is 222 g/mol. The zero-order valence-electron chi connectivity index (χ0n) is 12.8. The van der Waals surface area contributed by atoms with Gasteiger partial charge in [0.05, 0.1) is 6.10 Å². The molecule has 0 saturated carbocycles. The summed E-state index contributed by atoms with van der Waals surface area (Å²) in [4.78, 5) is 0. The number of nitrogens with one attached hydrogen (secondary N) is 1. The summed E-state index contributed by atoms with van der Waals surface area (Å²) in [5.41, 5.74) is 0.522. The zero-order chi connectivity index (χ0) is 13.3. The van der Waals surface area contributed by atoms with Gasteiger partial charge in [-0.1, -0.05) is 27.2 Å². The van der Waals surface area contributed by atoms with Crippen molar-refractivity contribution in [1.82, 2.24) is 5.32 Å². The highest BCUT2D eigenvalue weighted by molar-refractivity contribution is 4.80. The van der Waals surface area contributed by atoms with E-state index in [1.54, 1.807) is 0 Å². The Morgan fingerprint density at radius 1 is 1.22 bits per heavy atom. The van der Waals surface area contributed by atoms with E-state index >= 15 is 0 Å². The highest BCUT2D eigenvalue weighted by Gasteiger charge is 2.26. The maximum absolute atomic E-state index is 5.72. The maximum atomic E-state index is 5.72. The van der Waals surface area contributed by atoms with Gasteiger partial charge in [-0.2, -0.15) is 0 Å². The second-order valence-electron chi connectivity index (χ2n) is 5.91. The summed E-state index contributed by atoms with van der Waals surface area (Å²) in [5.74, 6) is 0. The van der Waals surface area contributed by atoms with Crippen LogP contribution in [0, 0.1) is 5.41 Å². The molecule has 0 aliphatic carbocycles. The molecule has 1 saturated heterocycles. The zero-order valence-corrected chi connectivity index (χ0v) is 12.8. The van der Waals surface area contributed by atoms with Crippen molar-refractivity contribution >= 4 is 0 Å². The molecule has 1 N–H and O–H groups in total. The summed E-state index contributed by atoms with van der Waals surface area (Å²) in [6, 6.07) is 0. The molecule has 0 aromatic heterocycles. The smallest absolute Gasteiger partial charge is 0.0576 e. The molecule has 0 amide bonds. The van der Waals surface area contributed by atoms with Crippen LogP contribution >= 0.6 is 0 Å². The quantitative estimate of drug-likeness (QED) is 0.592. The molecule has 0 radical (unpaired) electrons. The van der Waals surface area contributed by atoms with Crippen molar-refractivity contribution in [3.05, 3.63) is 0 Å². The normalized spacial score (nSPS) is 20.5. The molecule has 2 nitrogen and oxygen atoms in total. The number of hydrogen-bond donors (Lipinski definition) is 1. The van der Waals surface area contributed by atoms with Gasteiger partial charge in [0.1, 0.15) is 0 Å². The fraction of sp³-hybridized carbons (Fsp3) is 1.00. The van der Waals surface area contributed by atoms with Crippen LogP contribution < -0.4 is 5.32 Å². The Hall–Kier alpha value is -0.0800. The molecule has 108 valence electrons. The molecule has 1 unspecified atom stereocenters. The van der Waals surface area contributed by atoms with Gasteiger partial charge in [0.2, 0.25) is 0 Å². The molecule has 1 rings (SSSR count). The van der Waals surface area contributed by atoms with Gasteiger partial charge in [-0.05, 0) is 56.9 Å². The molecule has 0 spiro atoms. The van der Waals surface area contributed by atoms with Crippen LogP contribution in [0.2, 0.25) is 0 Å². The van der Waals surface area contributed by atoms with Crippen molar-refractivity contribution < 1.29 is 4.74 Å². The van der Waals surface area contributed by atoms with E-state index in [9.17, 15) is 0 Å². The predicted octanol–water partition coefficient (Wildman–Crippen LogP) is 4.14. The first-order valence-corrected chi connectivity index (χ1v) is 8.08. The Morgan fingerprint density at radius 2 is 2.00 bits per heavy atom. The molecule has 0 aromatic carbocycles. The van der Waals surface area contributed by atoms with Crippen molar-refractivity contribution in [1.29, 1.82) is 0 Å². The fourth-order valence-electron chi connectivity index (χ4n) is 3.05. The Bertz CT molecular complexity index is 195. The van der Waals surface area contributed by atoms with Gasteiger partial charge in [-0.3, -0.25) is 0 Å². The van der Waals surface area contributed by atoms with Crippen LogP contribution in [0.3, 0.4) is 0 Å². The number of ether oxygens (including phenoxy) is 1. The minimum Gasteiger partial charge on any atom is -0.378 e. The topological polar surface area (TPSA) is 21.3 Å². The summed E-state index contributed by atoms with van der Waals surface area (Å²) < 4.78 is 5.72. The van der Waals surface area contributed by atoms with Crippen molar-refractivity contribution in [2.24, 2.45) is 5.41 Å². The second-order valence-corrected chi connectivity index (χ2v) is 5.91. The average molecular weight is 255 g/mol. The average Bonchev–Trinajstić information content (AvgIpc) is 2.90. The van der Waals surface area contributed by atoms with Crippen LogP contribution in [0.4, 0.5) is 0 Å². The van der Waals surface area contributed by atoms with E-state index in [1.165, 1.54) is 57.9 Å². The molecule has 0 bridgehead atoms. The van der Waals surface area contributed by atoms with Crippen LogP contribution in [0.5, 0.6) is 0 Å². The van der Waals surface area contributed by atoms with Gasteiger partial charge >= 0.3 is 0 Å². The van der Waals surface area contributed by atoms with E-state index < -0.39 is 0 Å². The first-order valence-electron chi connectivity index (χ1n) is 8.08. The van der Waals surface area contributed by atoms with Crippen LogP contribution in [0.25, 0.3) is 0 Å². The first kappa shape index (κ1) is 16.0. The molecule has 0 aromatic rings. The van der Waals surface area contributed by atoms with Crippen molar-refractivity contribution in [2.45, 2.75) is 78.2 Å². The van der Waals surface area contributed by atoms with Gasteiger partial charge < -0.3 is 10.1 Å². The summed E-state index contributed by atoms with van der Waals surface area (Å²) in [7, 11) is 0. The molecule has 1 aliphatic rings. The Morgan fingerprint density at radius 3 is 2.56 bits per heavy atom. The molecule has 1 heterocycles. The third-order valence-electron chi connectivity index (χ3n) is 4.68. The largest absolute Gasteiger partial charge is 0.378 e. The molecule has 1 aliphatic heterocycles. The Balaban J connectivity index is 2.26. The van der Waals surface area contributed by atoms with E-state index in [-0.39, 0.29) is 0 Å². The van der Waals surface area contributed by atoms with Crippen LogP contribution in [-0.2, 0) is 4.74 Å². The van der Waals surface area contributed by atoms with E-state index in [0.717, 1.165) is 13.2 Å². The van der Waals surface area contributed by atoms with Crippen molar-refractivity contribution in [3.63, 3.8) is 0 Å². The van der Waals surface area contributed by atoms with Crippen molar-refractivity contribution in [3.8, 4) is 0 Å². The minimum atomic E-state index is 0.522. The lowest BCUT2D eigenvalue weighted by Gasteiger charge is -2.32. The summed E-state index contributed by atoms with van der Waals surface area (Å²) in [5, 5.41) is 3.63. The SMILES string of the molecule is CCCNCC(CC)(CC)CCCC1CCCO1. The van der Waals surface area contributed by atoms with Crippen LogP contribution in [0.1, 0.15) is 72.1 Å². The summed E-state index contributed by atoms with van der Waals surface area (Å²) in [6.07, 6.45) is 10.9. The number of rotatable bonds is 10. The van der Waals surface area contributed by atoms with E-state index in [0.29, 0.717) is 11.5 Å². The standard InChI is InChI=1S/C16H33NO/c1-4-12-17-14-16(5-2,6-3)11-7-9-15-10-8-13-18-15/h15,17H,4-14H2,1-3H3. The monoisotopic (exact) mass is 255 g/mol. The Kier molecular flexibility index (Phi) is 7.92. The minimum absolute atomic E-state index is 0.522. The van der Waals surface area contributed by atoms with E-state index in [4.69, 9.17) is 4.74 Å². The fourth-order valence-corrected chi connectivity index (χ4v) is 3.05. The lowest BCUT2D eigenvalue weighted by atomic mass is 9.77. The van der Waals surface area contributed by atoms with Crippen molar-refractivity contribution in [2.75, 3.05) is 19.7 Å². The Labute approximate surface area is 114 Å². The summed E-state index contributed by atoms with van der Waals surface area (Å²) >= 11 is 0. The van der Waals surface area contributed by atoms with Crippen LogP contribution in [-0.4, -0.2) is 25.8 Å². The molecular formula is C16H33NO. The van der Waals surface area contributed by atoms with Gasteiger partial charge in [-0.25, -0.2) is 0 Å². The van der Waals surface area contributed by atoms with Gasteiger partial charge in [-0.15, -0.1) is 0 Å². The van der Waals surface area contributed by atoms with E-state index in [1.807, 2.05) is 0 Å². The highest BCUT2D eigenvalue weighted by Crippen LogP contribution is 2.33. The molecule has 1 fully saturated rings. The number of hydrogen-bond acceptors (Lipinski definition) is 2. The lowest BCUT2D eigenvalue weighted by molar-refractivity contribution is 0.0961. The summed E-state index contributed by atoms with van der Waals surface area (Å²) in [6.45, 7) is 10.3. The van der Waals surface area contributed by atoms with Crippen LogP contribution in [0.15, 0.2) is 0 Å². The van der Waals surface area contributed by atoms with Gasteiger partial charge in [0, 0.05) is 13.2 Å².